The Balaban J connectivity index is 1.70. The predicted molar refractivity (Wildman–Crippen MR) is 97.4 cm³/mol. The summed E-state index contributed by atoms with van der Waals surface area (Å²) in [6.45, 7) is 1.63. The first-order chi connectivity index (χ1) is 11.4. The van der Waals surface area contributed by atoms with Gasteiger partial charge in [0.1, 0.15) is 11.6 Å². The number of carbonyl (C=O) groups excluding carboxylic acids is 1. The third-order valence-corrected chi connectivity index (χ3v) is 4.94. The lowest BCUT2D eigenvalue weighted by molar-refractivity contribution is -0.122. The van der Waals surface area contributed by atoms with Crippen LogP contribution in [-0.4, -0.2) is 17.0 Å². The maximum atomic E-state index is 13.2. The van der Waals surface area contributed by atoms with Crippen molar-refractivity contribution in [3.05, 3.63) is 51.7 Å². The molecule has 3 rings (SSSR count). The molecule has 0 aliphatic heterocycles. The van der Waals surface area contributed by atoms with Crippen LogP contribution in [-0.2, 0) is 4.79 Å². The van der Waals surface area contributed by atoms with E-state index in [9.17, 15) is 9.18 Å². The molecule has 3 aromatic rings. The molecule has 2 aromatic carbocycles. The quantitative estimate of drug-likeness (QED) is 0.616. The Bertz CT molecular complexity index is 918. The molecule has 124 valence electrons. The maximum absolute atomic E-state index is 13.2. The second kappa shape index (κ2) is 7.04. The highest BCUT2D eigenvalue weighted by Gasteiger charge is 2.18. The molecule has 0 saturated heterocycles. The summed E-state index contributed by atoms with van der Waals surface area (Å²) >= 11 is 10.4. The van der Waals surface area contributed by atoms with Crippen molar-refractivity contribution in [1.82, 2.24) is 4.98 Å². The zero-order valence-corrected chi connectivity index (χ0v) is 15.5. The van der Waals surface area contributed by atoms with Crippen molar-refractivity contribution in [3.8, 4) is 5.75 Å². The van der Waals surface area contributed by atoms with E-state index in [1.54, 1.807) is 31.2 Å². The maximum Gasteiger partial charge on any atom is 0.266 e. The van der Waals surface area contributed by atoms with Gasteiger partial charge in [-0.2, -0.15) is 0 Å². The summed E-state index contributed by atoms with van der Waals surface area (Å²) in [5, 5.41) is 3.64. The number of fused-ring (bicyclic) bond motifs is 1. The highest BCUT2D eigenvalue weighted by molar-refractivity contribution is 9.10. The summed E-state index contributed by atoms with van der Waals surface area (Å²) in [4.78, 5) is 16.5. The molecule has 0 aliphatic carbocycles. The Morgan fingerprint density at radius 1 is 1.38 bits per heavy atom. The topological polar surface area (TPSA) is 51.2 Å². The number of anilines is 1. The lowest BCUT2D eigenvalue weighted by Crippen LogP contribution is -2.30. The number of nitrogens with one attached hydrogen (secondary N) is 1. The largest absolute Gasteiger partial charge is 0.480 e. The van der Waals surface area contributed by atoms with Crippen LogP contribution in [0.4, 0.5) is 9.52 Å². The number of hydrogen-bond acceptors (Lipinski definition) is 4. The van der Waals surface area contributed by atoms with E-state index in [0.717, 1.165) is 0 Å². The molecule has 1 heterocycles. The summed E-state index contributed by atoms with van der Waals surface area (Å²) in [7, 11) is 0. The summed E-state index contributed by atoms with van der Waals surface area (Å²) < 4.78 is 20.2. The molecule has 1 atom stereocenters. The van der Waals surface area contributed by atoms with Gasteiger partial charge in [-0.3, -0.25) is 10.1 Å². The van der Waals surface area contributed by atoms with Crippen molar-refractivity contribution in [2.45, 2.75) is 13.0 Å². The number of benzene rings is 2. The molecule has 1 unspecified atom stereocenters. The number of rotatable bonds is 4. The van der Waals surface area contributed by atoms with Crippen molar-refractivity contribution in [1.29, 1.82) is 0 Å². The van der Waals surface area contributed by atoms with Crippen LogP contribution in [0.3, 0.4) is 0 Å². The van der Waals surface area contributed by atoms with Crippen molar-refractivity contribution < 1.29 is 13.9 Å². The zero-order chi connectivity index (χ0) is 17.3. The van der Waals surface area contributed by atoms with E-state index in [2.05, 4.69) is 26.2 Å². The number of amides is 1. The van der Waals surface area contributed by atoms with E-state index in [-0.39, 0.29) is 11.7 Å². The van der Waals surface area contributed by atoms with Crippen molar-refractivity contribution >= 4 is 60.1 Å². The van der Waals surface area contributed by atoms with Gasteiger partial charge in [-0.1, -0.05) is 22.9 Å². The van der Waals surface area contributed by atoms with E-state index >= 15 is 0 Å². The Morgan fingerprint density at radius 3 is 2.92 bits per heavy atom. The van der Waals surface area contributed by atoms with Crippen LogP contribution >= 0.6 is 38.9 Å². The van der Waals surface area contributed by atoms with E-state index in [0.29, 0.717) is 30.6 Å². The fraction of sp³-hybridized carbons (Fsp3) is 0.125. The molecule has 0 fully saturated rings. The fourth-order valence-electron chi connectivity index (χ4n) is 1.97. The average molecular weight is 430 g/mol. The highest BCUT2D eigenvalue weighted by atomic mass is 79.9. The molecule has 1 aromatic heterocycles. The van der Waals surface area contributed by atoms with Gasteiger partial charge in [0.15, 0.2) is 11.2 Å². The number of hydrogen-bond donors (Lipinski definition) is 1. The molecule has 4 nitrogen and oxygen atoms in total. The third kappa shape index (κ3) is 3.85. The number of ether oxygens (including phenoxy) is 1. The molecule has 0 saturated carbocycles. The Hall–Kier alpha value is -1.70. The minimum absolute atomic E-state index is 0.340. The second-order valence-corrected chi connectivity index (χ2v) is 7.28. The molecule has 0 radical (unpaired) electrons. The van der Waals surface area contributed by atoms with Gasteiger partial charge in [0.2, 0.25) is 0 Å². The van der Waals surface area contributed by atoms with Crippen LogP contribution < -0.4 is 10.1 Å². The molecule has 1 amide bonds. The van der Waals surface area contributed by atoms with Gasteiger partial charge in [0, 0.05) is 5.02 Å². The molecule has 8 heteroatoms. The summed E-state index contributed by atoms with van der Waals surface area (Å²) in [6.07, 6.45) is -0.744. The summed E-state index contributed by atoms with van der Waals surface area (Å²) in [6, 6.07) is 9.32. The average Bonchev–Trinajstić information content (AvgIpc) is 2.91. The van der Waals surface area contributed by atoms with Crippen LogP contribution in [0.15, 0.2) is 40.9 Å². The normalized spacial score (nSPS) is 12.2. The molecular weight excluding hydrogens is 419 g/mol. The molecular formula is C16H11BrClFN2O2S. The smallest absolute Gasteiger partial charge is 0.266 e. The molecule has 0 aliphatic rings. The van der Waals surface area contributed by atoms with Gasteiger partial charge in [-0.15, -0.1) is 0 Å². The Kier molecular flexibility index (Phi) is 5.03. The summed E-state index contributed by atoms with van der Waals surface area (Å²) in [5.74, 6) is -0.182. The minimum atomic E-state index is -0.744. The van der Waals surface area contributed by atoms with Crippen molar-refractivity contribution in [2.24, 2.45) is 0 Å². The van der Waals surface area contributed by atoms with Gasteiger partial charge in [-0.25, -0.2) is 9.37 Å². The number of carbonyl (C=O) groups is 1. The molecule has 0 bridgehead atoms. The number of nitrogens with zero attached hydrogens (tertiary/aromatic N) is 1. The summed E-state index contributed by atoms with van der Waals surface area (Å²) in [5.41, 5.74) is 0.630. The van der Waals surface area contributed by atoms with Crippen LogP contribution in [0.1, 0.15) is 6.92 Å². The number of thiazole rings is 1. The van der Waals surface area contributed by atoms with E-state index in [1.165, 1.54) is 23.5 Å². The number of aromatic nitrogens is 1. The first-order valence-electron chi connectivity index (χ1n) is 6.91. The first kappa shape index (κ1) is 17.1. The van der Waals surface area contributed by atoms with E-state index in [4.69, 9.17) is 16.3 Å². The minimum Gasteiger partial charge on any atom is -0.480 e. The standard InChI is InChI=1S/C16H11BrClFN2O2S/c1-8(23-13-5-2-9(18)6-11(13)17)15(22)21-16-20-12-4-3-10(19)7-14(12)24-16/h2-8H,1H3,(H,20,21,22). The van der Waals surface area contributed by atoms with Gasteiger partial charge in [-0.05, 0) is 59.3 Å². The third-order valence-electron chi connectivity index (χ3n) is 3.15. The lowest BCUT2D eigenvalue weighted by atomic mass is 10.3. The monoisotopic (exact) mass is 428 g/mol. The molecule has 24 heavy (non-hydrogen) atoms. The fourth-order valence-corrected chi connectivity index (χ4v) is 3.64. The van der Waals surface area contributed by atoms with Crippen molar-refractivity contribution in [2.75, 3.05) is 5.32 Å². The lowest BCUT2D eigenvalue weighted by Gasteiger charge is -2.14. The van der Waals surface area contributed by atoms with Gasteiger partial charge >= 0.3 is 0 Å². The number of halogens is 3. The van der Waals surface area contributed by atoms with Crippen LogP contribution in [0.5, 0.6) is 5.75 Å². The van der Waals surface area contributed by atoms with Crippen LogP contribution in [0, 0.1) is 5.82 Å². The predicted octanol–water partition coefficient (Wildman–Crippen LogP) is 5.26. The molecule has 0 spiro atoms. The van der Waals surface area contributed by atoms with Gasteiger partial charge < -0.3 is 4.74 Å². The van der Waals surface area contributed by atoms with E-state index < -0.39 is 6.10 Å². The van der Waals surface area contributed by atoms with Crippen molar-refractivity contribution in [3.63, 3.8) is 0 Å². The van der Waals surface area contributed by atoms with E-state index in [1.807, 2.05) is 0 Å². The Labute approximate surface area is 154 Å². The van der Waals surface area contributed by atoms with Gasteiger partial charge in [0.25, 0.3) is 5.91 Å². The SMILES string of the molecule is CC(Oc1ccc(Cl)cc1Br)C(=O)Nc1nc2ccc(F)cc2s1. The van der Waals surface area contributed by atoms with Crippen LogP contribution in [0.25, 0.3) is 10.2 Å². The van der Waals surface area contributed by atoms with Gasteiger partial charge in [0.05, 0.1) is 14.7 Å². The highest BCUT2D eigenvalue weighted by Crippen LogP contribution is 2.29. The Morgan fingerprint density at radius 2 is 2.17 bits per heavy atom. The first-order valence-corrected chi connectivity index (χ1v) is 8.90. The second-order valence-electron chi connectivity index (χ2n) is 4.96. The zero-order valence-electron chi connectivity index (χ0n) is 12.3. The van der Waals surface area contributed by atoms with Crippen LogP contribution in [0.2, 0.25) is 5.02 Å². The molecule has 1 N–H and O–H groups in total.